The molecule has 0 radical (unpaired) electrons. The number of nitrogens with zero attached hydrogens (tertiary/aromatic N) is 1. The van der Waals surface area contributed by atoms with Gasteiger partial charge >= 0.3 is 12.2 Å². The zero-order valence-electron chi connectivity index (χ0n) is 12.9. The molecule has 2 amide bonds. The van der Waals surface area contributed by atoms with Gasteiger partial charge in [0.25, 0.3) is 0 Å². The summed E-state index contributed by atoms with van der Waals surface area (Å²) in [6, 6.07) is -2.37. The number of nitrogens with one attached hydrogen (secondary N) is 1. The fraction of sp³-hybridized carbons (Fsp3) is 0.933. The Morgan fingerprint density at radius 1 is 1.14 bits per heavy atom. The van der Waals surface area contributed by atoms with E-state index in [0.29, 0.717) is 38.8 Å². The average Bonchev–Trinajstić information content (AvgIpc) is 2.97. The maximum Gasteiger partial charge on any atom is 0.408 e. The molecule has 0 aromatic carbocycles. The fourth-order valence-corrected chi connectivity index (χ4v) is 3.57. The lowest BCUT2D eigenvalue weighted by atomic mass is 9.92. The molecule has 1 aliphatic carbocycles. The molecule has 1 aliphatic heterocycles. The van der Waals surface area contributed by atoms with Crippen LogP contribution in [-0.2, 0) is 0 Å². The van der Waals surface area contributed by atoms with Gasteiger partial charge in [-0.1, -0.05) is 12.8 Å². The smallest absolute Gasteiger partial charge is 0.393 e. The van der Waals surface area contributed by atoms with Crippen molar-refractivity contribution in [3.05, 3.63) is 0 Å². The number of urea groups is 1. The van der Waals surface area contributed by atoms with Crippen molar-refractivity contribution in [2.45, 2.75) is 63.8 Å². The summed E-state index contributed by atoms with van der Waals surface area (Å²) in [7, 11) is 0. The van der Waals surface area contributed by atoms with Gasteiger partial charge in [0.05, 0.1) is 6.10 Å². The first-order valence-corrected chi connectivity index (χ1v) is 8.09. The number of rotatable bonds is 3. The second kappa shape index (κ2) is 7.06. The molecule has 0 unspecified atom stereocenters. The SMILES string of the molecule is C[C@H](O)C1CCN(C(=O)N[C@H](C2CCCC2)C(F)(F)F)CC1. The van der Waals surface area contributed by atoms with Gasteiger partial charge in [-0.25, -0.2) is 4.79 Å². The van der Waals surface area contributed by atoms with E-state index in [4.69, 9.17) is 0 Å². The van der Waals surface area contributed by atoms with Gasteiger partial charge in [-0.3, -0.25) is 0 Å². The van der Waals surface area contributed by atoms with E-state index in [1.54, 1.807) is 6.92 Å². The summed E-state index contributed by atoms with van der Waals surface area (Å²) >= 11 is 0. The molecule has 2 aliphatic rings. The maximum atomic E-state index is 13.2. The molecule has 0 aromatic rings. The highest BCUT2D eigenvalue weighted by atomic mass is 19.4. The van der Waals surface area contributed by atoms with Crippen LogP contribution in [0.3, 0.4) is 0 Å². The molecule has 22 heavy (non-hydrogen) atoms. The van der Waals surface area contributed by atoms with Crippen molar-refractivity contribution in [3.63, 3.8) is 0 Å². The van der Waals surface area contributed by atoms with Gasteiger partial charge in [0.1, 0.15) is 6.04 Å². The summed E-state index contributed by atoms with van der Waals surface area (Å²) in [6.07, 6.45) is -0.936. The van der Waals surface area contributed by atoms with Crippen LogP contribution in [0.4, 0.5) is 18.0 Å². The molecular weight excluding hydrogens is 297 g/mol. The Labute approximate surface area is 129 Å². The zero-order valence-corrected chi connectivity index (χ0v) is 12.9. The van der Waals surface area contributed by atoms with E-state index in [0.717, 1.165) is 12.8 Å². The summed E-state index contributed by atoms with van der Waals surface area (Å²) in [6.45, 7) is 2.51. The lowest BCUT2D eigenvalue weighted by Gasteiger charge is -2.35. The predicted octanol–water partition coefficient (Wildman–Crippen LogP) is 2.91. The van der Waals surface area contributed by atoms with Crippen molar-refractivity contribution < 1.29 is 23.1 Å². The van der Waals surface area contributed by atoms with E-state index in [1.807, 2.05) is 0 Å². The van der Waals surface area contributed by atoms with E-state index in [2.05, 4.69) is 5.32 Å². The van der Waals surface area contributed by atoms with E-state index < -0.39 is 30.3 Å². The number of hydrogen-bond donors (Lipinski definition) is 2. The molecule has 0 aromatic heterocycles. The van der Waals surface area contributed by atoms with Crippen LogP contribution in [0.1, 0.15) is 45.4 Å². The van der Waals surface area contributed by atoms with E-state index in [1.165, 1.54) is 4.90 Å². The van der Waals surface area contributed by atoms with Gasteiger partial charge in [0, 0.05) is 13.1 Å². The number of alkyl halides is 3. The highest BCUT2D eigenvalue weighted by Gasteiger charge is 2.46. The molecule has 2 N–H and O–H groups in total. The second-order valence-corrected chi connectivity index (χ2v) is 6.58. The number of halogens is 3. The van der Waals surface area contributed by atoms with Crippen molar-refractivity contribution in [2.75, 3.05) is 13.1 Å². The molecule has 2 atom stereocenters. The van der Waals surface area contributed by atoms with Crippen molar-refractivity contribution in [3.8, 4) is 0 Å². The van der Waals surface area contributed by atoms with Crippen LogP contribution in [0.15, 0.2) is 0 Å². The molecule has 4 nitrogen and oxygen atoms in total. The summed E-state index contributed by atoms with van der Waals surface area (Å²) < 4.78 is 39.6. The van der Waals surface area contributed by atoms with Crippen LogP contribution in [0.25, 0.3) is 0 Å². The average molecular weight is 322 g/mol. The van der Waals surface area contributed by atoms with Gasteiger partial charge < -0.3 is 15.3 Å². The molecule has 0 bridgehead atoms. The minimum Gasteiger partial charge on any atom is -0.393 e. The Balaban J connectivity index is 1.91. The Hall–Kier alpha value is -0.980. The normalized spacial score (nSPS) is 24.3. The number of carbonyl (C=O) groups is 1. The van der Waals surface area contributed by atoms with Gasteiger partial charge in [-0.05, 0) is 44.4 Å². The molecular formula is C15H25F3N2O2. The van der Waals surface area contributed by atoms with Crippen molar-refractivity contribution in [2.24, 2.45) is 11.8 Å². The van der Waals surface area contributed by atoms with Gasteiger partial charge in [-0.15, -0.1) is 0 Å². The van der Waals surface area contributed by atoms with Gasteiger partial charge in [0.2, 0.25) is 0 Å². The minimum atomic E-state index is -4.40. The third-order valence-corrected chi connectivity index (χ3v) is 5.01. The zero-order chi connectivity index (χ0) is 16.3. The first-order chi connectivity index (χ1) is 10.3. The van der Waals surface area contributed by atoms with E-state index in [-0.39, 0.29) is 5.92 Å². The topological polar surface area (TPSA) is 52.6 Å². The van der Waals surface area contributed by atoms with Gasteiger partial charge in [-0.2, -0.15) is 13.2 Å². The summed E-state index contributed by atoms with van der Waals surface area (Å²) in [5.41, 5.74) is 0. The number of carbonyl (C=O) groups excluding carboxylic acids is 1. The quantitative estimate of drug-likeness (QED) is 0.839. The van der Waals surface area contributed by atoms with Crippen molar-refractivity contribution >= 4 is 6.03 Å². The number of amides is 2. The van der Waals surface area contributed by atoms with Crippen LogP contribution in [-0.4, -0.2) is 47.4 Å². The van der Waals surface area contributed by atoms with E-state index in [9.17, 15) is 23.1 Å². The van der Waals surface area contributed by atoms with Crippen LogP contribution >= 0.6 is 0 Å². The molecule has 2 rings (SSSR count). The molecule has 1 saturated carbocycles. The van der Waals surface area contributed by atoms with Crippen molar-refractivity contribution in [1.29, 1.82) is 0 Å². The summed E-state index contributed by atoms with van der Waals surface area (Å²) in [5, 5.41) is 11.7. The lowest BCUT2D eigenvalue weighted by Crippen LogP contribution is -2.55. The highest BCUT2D eigenvalue weighted by Crippen LogP contribution is 2.35. The highest BCUT2D eigenvalue weighted by molar-refractivity contribution is 5.74. The lowest BCUT2D eigenvalue weighted by molar-refractivity contribution is -0.165. The maximum absolute atomic E-state index is 13.2. The Morgan fingerprint density at radius 3 is 2.14 bits per heavy atom. The van der Waals surface area contributed by atoms with Crippen molar-refractivity contribution in [1.82, 2.24) is 10.2 Å². The minimum absolute atomic E-state index is 0.122. The number of likely N-dealkylation sites (tertiary alicyclic amines) is 1. The number of piperidine rings is 1. The third-order valence-electron chi connectivity index (χ3n) is 5.01. The number of aliphatic hydroxyl groups excluding tert-OH is 1. The molecule has 0 spiro atoms. The number of aliphatic hydroxyl groups is 1. The largest absolute Gasteiger partial charge is 0.408 e. The molecule has 2 fully saturated rings. The third kappa shape index (κ3) is 4.27. The second-order valence-electron chi connectivity index (χ2n) is 6.58. The van der Waals surface area contributed by atoms with Crippen LogP contribution < -0.4 is 5.32 Å². The Morgan fingerprint density at radius 2 is 1.68 bits per heavy atom. The molecule has 1 heterocycles. The van der Waals surface area contributed by atoms with Crippen LogP contribution in [0.5, 0.6) is 0 Å². The molecule has 1 saturated heterocycles. The Kier molecular flexibility index (Phi) is 5.58. The van der Waals surface area contributed by atoms with Crippen LogP contribution in [0.2, 0.25) is 0 Å². The summed E-state index contributed by atoms with van der Waals surface area (Å²) in [5.74, 6) is -0.378. The Bertz CT molecular complexity index is 373. The van der Waals surface area contributed by atoms with Gasteiger partial charge in [0.15, 0.2) is 0 Å². The first kappa shape index (κ1) is 17.4. The molecule has 7 heteroatoms. The van der Waals surface area contributed by atoms with Crippen LogP contribution in [0, 0.1) is 11.8 Å². The first-order valence-electron chi connectivity index (χ1n) is 8.09. The van der Waals surface area contributed by atoms with E-state index >= 15 is 0 Å². The molecule has 128 valence electrons. The summed E-state index contributed by atoms with van der Waals surface area (Å²) in [4.78, 5) is 13.6. The standard InChI is InChI=1S/C15H25F3N2O2/c1-10(21)11-6-8-20(9-7-11)14(22)19-13(15(16,17)18)12-4-2-3-5-12/h10-13,21H,2-9H2,1H3,(H,19,22)/t10-,13+/m0/s1. The fourth-order valence-electron chi connectivity index (χ4n) is 3.57. The number of hydrogen-bond acceptors (Lipinski definition) is 2. The monoisotopic (exact) mass is 322 g/mol. The predicted molar refractivity (Wildman–Crippen MR) is 76.3 cm³/mol.